The van der Waals surface area contributed by atoms with E-state index in [1.807, 2.05) is 6.07 Å². The Kier molecular flexibility index (Phi) is 5.95. The first-order valence-electron chi connectivity index (χ1n) is 10.8. The standard InChI is InChI=1S/C25H20ClFN2O4S/c26-22-20(34-19-7-2-1-6-18(19)29(32)33)12-17-21(22)15-4-3-5-16(25(30)31)24(15)28-23(17)13-8-10-14(27)11-9-13/h1-11,17,20-23,28H,12H2,(H,30,31)/t17-,20-,21-,22+,23-/m0/s1. The number of aromatic carboxylic acids is 1. The van der Waals surface area contributed by atoms with Crippen LogP contribution in [0.2, 0.25) is 0 Å². The Morgan fingerprint density at radius 2 is 1.85 bits per heavy atom. The number of carboxylic acid groups (broad SMARTS) is 1. The van der Waals surface area contributed by atoms with Crippen LogP contribution in [0.4, 0.5) is 15.8 Å². The summed E-state index contributed by atoms with van der Waals surface area (Å²) in [6.07, 6.45) is 0.654. The molecule has 0 saturated heterocycles. The molecule has 9 heteroatoms. The summed E-state index contributed by atoms with van der Waals surface area (Å²) in [4.78, 5) is 23.6. The molecule has 1 aliphatic carbocycles. The van der Waals surface area contributed by atoms with Crippen molar-refractivity contribution >= 4 is 40.7 Å². The molecular weight excluding hydrogens is 479 g/mol. The molecule has 174 valence electrons. The first-order chi connectivity index (χ1) is 16.3. The molecule has 5 atom stereocenters. The first kappa shape index (κ1) is 22.7. The Morgan fingerprint density at radius 3 is 2.56 bits per heavy atom. The number of hydrogen-bond donors (Lipinski definition) is 2. The number of carboxylic acids is 1. The average molecular weight is 499 g/mol. The monoisotopic (exact) mass is 498 g/mol. The molecule has 0 bridgehead atoms. The third-order valence-electron chi connectivity index (χ3n) is 6.65. The number of anilines is 1. The maximum Gasteiger partial charge on any atom is 0.337 e. The predicted molar refractivity (Wildman–Crippen MR) is 129 cm³/mol. The van der Waals surface area contributed by atoms with Gasteiger partial charge in [0.1, 0.15) is 5.82 Å². The summed E-state index contributed by atoms with van der Waals surface area (Å²) in [6.45, 7) is 0. The quantitative estimate of drug-likeness (QED) is 0.238. The van der Waals surface area contributed by atoms with E-state index >= 15 is 0 Å². The molecule has 0 spiro atoms. The lowest BCUT2D eigenvalue weighted by atomic mass is 9.76. The Morgan fingerprint density at radius 1 is 1.12 bits per heavy atom. The lowest BCUT2D eigenvalue weighted by Gasteiger charge is -2.39. The van der Waals surface area contributed by atoms with E-state index in [4.69, 9.17) is 11.6 Å². The Bertz CT molecular complexity index is 1270. The highest BCUT2D eigenvalue weighted by molar-refractivity contribution is 8.00. The van der Waals surface area contributed by atoms with Crippen LogP contribution in [0.5, 0.6) is 0 Å². The molecule has 1 heterocycles. The number of benzene rings is 3. The van der Waals surface area contributed by atoms with Gasteiger partial charge in [0, 0.05) is 17.2 Å². The zero-order valence-electron chi connectivity index (χ0n) is 17.7. The topological polar surface area (TPSA) is 92.5 Å². The van der Waals surface area contributed by atoms with E-state index in [-0.39, 0.29) is 45.6 Å². The number of nitrogens with one attached hydrogen (secondary N) is 1. The second-order valence-corrected chi connectivity index (χ2v) is 10.3. The molecule has 6 nitrogen and oxygen atoms in total. The molecule has 1 saturated carbocycles. The average Bonchev–Trinajstić information content (AvgIpc) is 3.15. The number of carbonyl (C=O) groups is 1. The van der Waals surface area contributed by atoms with E-state index in [1.54, 1.807) is 42.5 Å². The number of nitro groups is 1. The van der Waals surface area contributed by atoms with Gasteiger partial charge in [-0.2, -0.15) is 0 Å². The summed E-state index contributed by atoms with van der Waals surface area (Å²) < 4.78 is 13.6. The number of hydrogen-bond acceptors (Lipinski definition) is 5. The summed E-state index contributed by atoms with van der Waals surface area (Å²) in [5.41, 5.74) is 2.37. The minimum Gasteiger partial charge on any atom is -0.478 e. The number of para-hydroxylation sites is 2. The number of fused-ring (bicyclic) bond motifs is 3. The fourth-order valence-corrected chi connectivity index (χ4v) is 7.14. The van der Waals surface area contributed by atoms with Crippen molar-refractivity contribution in [1.29, 1.82) is 0 Å². The van der Waals surface area contributed by atoms with Crippen molar-refractivity contribution in [3.05, 3.63) is 99.4 Å². The molecule has 0 aromatic heterocycles. The van der Waals surface area contributed by atoms with Crippen LogP contribution in [0.1, 0.15) is 39.9 Å². The van der Waals surface area contributed by atoms with Crippen molar-refractivity contribution in [2.75, 3.05) is 5.32 Å². The third kappa shape index (κ3) is 3.91. The third-order valence-corrected chi connectivity index (χ3v) is 8.76. The number of nitro benzene ring substituents is 1. The normalized spacial score (nSPS) is 25.2. The maximum atomic E-state index is 13.6. The van der Waals surface area contributed by atoms with Gasteiger partial charge in [-0.1, -0.05) is 36.4 Å². The minimum absolute atomic E-state index is 0.00947. The van der Waals surface area contributed by atoms with E-state index in [0.717, 1.165) is 11.1 Å². The summed E-state index contributed by atoms with van der Waals surface area (Å²) in [5, 5.41) is 24.2. The number of thioether (sulfide) groups is 1. The van der Waals surface area contributed by atoms with Gasteiger partial charge in [0.15, 0.2) is 0 Å². The number of rotatable bonds is 5. The molecular formula is C25H20ClFN2O4S. The van der Waals surface area contributed by atoms with Crippen molar-refractivity contribution in [1.82, 2.24) is 0 Å². The molecule has 1 fully saturated rings. The van der Waals surface area contributed by atoms with Gasteiger partial charge in [-0.05, 0) is 47.7 Å². The van der Waals surface area contributed by atoms with Gasteiger partial charge in [0.05, 0.1) is 32.5 Å². The molecule has 34 heavy (non-hydrogen) atoms. The Hall–Kier alpha value is -3.10. The summed E-state index contributed by atoms with van der Waals surface area (Å²) in [5.74, 6) is -1.58. The van der Waals surface area contributed by atoms with Gasteiger partial charge in [-0.3, -0.25) is 10.1 Å². The van der Waals surface area contributed by atoms with Crippen molar-refractivity contribution in [3.8, 4) is 0 Å². The van der Waals surface area contributed by atoms with E-state index in [2.05, 4.69) is 5.32 Å². The second-order valence-electron chi connectivity index (χ2n) is 8.50. The van der Waals surface area contributed by atoms with Crippen LogP contribution in [0.25, 0.3) is 0 Å². The van der Waals surface area contributed by atoms with E-state index in [1.165, 1.54) is 30.0 Å². The van der Waals surface area contributed by atoms with Crippen LogP contribution < -0.4 is 5.32 Å². The van der Waals surface area contributed by atoms with Crippen LogP contribution in [0.3, 0.4) is 0 Å². The van der Waals surface area contributed by atoms with Crippen molar-refractivity contribution < 1.29 is 19.2 Å². The van der Waals surface area contributed by atoms with E-state index < -0.39 is 10.9 Å². The lowest BCUT2D eigenvalue weighted by Crippen LogP contribution is -2.32. The number of nitrogens with zero attached hydrogens (tertiary/aromatic N) is 1. The van der Waals surface area contributed by atoms with Crippen molar-refractivity contribution in [2.24, 2.45) is 5.92 Å². The lowest BCUT2D eigenvalue weighted by molar-refractivity contribution is -0.387. The SMILES string of the molecule is O=C(O)c1cccc2c1N[C@@H](c1ccc(F)cc1)[C@H]1C[C@H](Sc3ccccc3[N+](=O)[O-])[C@@H](Cl)[C@@H]21. The molecule has 3 aromatic carbocycles. The molecule has 3 aromatic rings. The van der Waals surface area contributed by atoms with Crippen LogP contribution >= 0.6 is 23.4 Å². The van der Waals surface area contributed by atoms with E-state index in [0.29, 0.717) is 17.0 Å². The maximum absolute atomic E-state index is 13.6. The summed E-state index contributed by atoms with van der Waals surface area (Å²) in [7, 11) is 0. The zero-order chi connectivity index (χ0) is 24.0. The minimum atomic E-state index is -1.05. The molecule has 2 N–H and O–H groups in total. The largest absolute Gasteiger partial charge is 0.478 e. The Balaban J connectivity index is 1.57. The van der Waals surface area contributed by atoms with Crippen LogP contribution in [0, 0.1) is 21.8 Å². The van der Waals surface area contributed by atoms with Crippen molar-refractivity contribution in [2.45, 2.75) is 33.9 Å². The molecule has 5 rings (SSSR count). The smallest absolute Gasteiger partial charge is 0.337 e. The van der Waals surface area contributed by atoms with Gasteiger partial charge < -0.3 is 10.4 Å². The van der Waals surface area contributed by atoms with Gasteiger partial charge in [0.2, 0.25) is 0 Å². The number of alkyl halides is 1. The molecule has 1 aliphatic heterocycles. The Labute approximate surface area is 204 Å². The first-order valence-corrected chi connectivity index (χ1v) is 12.1. The molecule has 0 radical (unpaired) electrons. The molecule has 0 amide bonds. The van der Waals surface area contributed by atoms with Crippen molar-refractivity contribution in [3.63, 3.8) is 0 Å². The molecule has 2 aliphatic rings. The number of halogens is 2. The molecule has 0 unspecified atom stereocenters. The highest BCUT2D eigenvalue weighted by atomic mass is 35.5. The zero-order valence-corrected chi connectivity index (χ0v) is 19.3. The van der Waals surface area contributed by atoms with Gasteiger partial charge in [-0.25, -0.2) is 9.18 Å². The highest BCUT2D eigenvalue weighted by Gasteiger charge is 2.51. The highest BCUT2D eigenvalue weighted by Crippen LogP contribution is 2.58. The second kappa shape index (κ2) is 8.92. The van der Waals surface area contributed by atoms with Gasteiger partial charge in [-0.15, -0.1) is 23.4 Å². The summed E-state index contributed by atoms with van der Waals surface area (Å²) >= 11 is 8.43. The van der Waals surface area contributed by atoms with Gasteiger partial charge in [0.25, 0.3) is 5.69 Å². The van der Waals surface area contributed by atoms with Crippen LogP contribution in [-0.4, -0.2) is 26.6 Å². The van der Waals surface area contributed by atoms with Gasteiger partial charge >= 0.3 is 5.97 Å². The van der Waals surface area contributed by atoms with Crippen LogP contribution in [0.15, 0.2) is 71.6 Å². The fraction of sp³-hybridized carbons (Fsp3) is 0.240. The fourth-order valence-electron chi connectivity index (χ4n) is 5.19. The predicted octanol–water partition coefficient (Wildman–Crippen LogP) is 6.47. The van der Waals surface area contributed by atoms with Crippen LogP contribution in [-0.2, 0) is 0 Å². The summed E-state index contributed by atoms with van der Waals surface area (Å²) in [6, 6.07) is 17.6. The van der Waals surface area contributed by atoms with E-state index in [9.17, 15) is 24.4 Å².